The summed E-state index contributed by atoms with van der Waals surface area (Å²) >= 11 is 15.9. The van der Waals surface area contributed by atoms with E-state index in [4.69, 9.17) is 28.2 Å². The van der Waals surface area contributed by atoms with E-state index in [0.29, 0.717) is 10.0 Å². The molecule has 0 spiro atoms. The Morgan fingerprint density at radius 1 is 1.00 bits per heavy atom. The molecule has 0 saturated heterocycles. The molecule has 136 valence electrons. The Hall–Kier alpha value is -1.88. The van der Waals surface area contributed by atoms with Crippen LogP contribution in [0.1, 0.15) is 29.3 Å². The third-order valence-corrected chi connectivity index (χ3v) is 6.00. The summed E-state index contributed by atoms with van der Waals surface area (Å²) < 4.78 is 1.07. The highest BCUT2D eigenvalue weighted by Crippen LogP contribution is 2.33. The van der Waals surface area contributed by atoms with Gasteiger partial charge in [-0.3, -0.25) is 4.98 Å². The number of aryl methyl sites for hydroxylation is 1. The molecule has 1 unspecified atom stereocenters. The van der Waals surface area contributed by atoms with Gasteiger partial charge in [-0.2, -0.15) is 5.10 Å². The summed E-state index contributed by atoms with van der Waals surface area (Å²) in [6.07, 6.45) is 0.821. The van der Waals surface area contributed by atoms with Crippen LogP contribution in [0.15, 0.2) is 64.2 Å². The minimum atomic E-state index is 0.176. The summed E-state index contributed by atoms with van der Waals surface area (Å²) in [5, 5.41) is 5.60. The molecular formula is C21H16BrCl2N3. The van der Waals surface area contributed by atoms with E-state index in [1.807, 2.05) is 37.3 Å². The Morgan fingerprint density at radius 2 is 1.78 bits per heavy atom. The van der Waals surface area contributed by atoms with Crippen molar-refractivity contribution < 1.29 is 0 Å². The van der Waals surface area contributed by atoms with Crippen LogP contribution in [-0.4, -0.2) is 10.7 Å². The molecule has 1 aliphatic rings. The number of aromatic nitrogens is 1. The van der Waals surface area contributed by atoms with E-state index < -0.39 is 0 Å². The number of rotatable bonds is 3. The predicted octanol–water partition coefficient (Wildman–Crippen LogP) is 6.57. The number of pyridine rings is 1. The number of halogens is 3. The highest BCUT2D eigenvalue weighted by molar-refractivity contribution is 9.10. The summed E-state index contributed by atoms with van der Waals surface area (Å²) in [4.78, 5) is 4.74. The molecule has 0 amide bonds. The van der Waals surface area contributed by atoms with E-state index in [2.05, 4.69) is 44.7 Å². The molecular weight excluding hydrogens is 445 g/mol. The molecule has 2 aromatic carbocycles. The molecule has 27 heavy (non-hydrogen) atoms. The van der Waals surface area contributed by atoms with E-state index in [-0.39, 0.29) is 6.04 Å². The smallest absolute Gasteiger partial charge is 0.0745 e. The number of hydrogen-bond donors (Lipinski definition) is 1. The van der Waals surface area contributed by atoms with Crippen molar-refractivity contribution in [3.63, 3.8) is 0 Å². The number of hydrogen-bond acceptors (Lipinski definition) is 3. The third-order valence-electron chi connectivity index (χ3n) is 4.65. The fourth-order valence-corrected chi connectivity index (χ4v) is 3.88. The monoisotopic (exact) mass is 459 g/mol. The Bertz CT molecular complexity index is 1030. The summed E-state index contributed by atoms with van der Waals surface area (Å²) in [6.45, 7) is 1.99. The van der Waals surface area contributed by atoms with Gasteiger partial charge in [0.1, 0.15) is 0 Å². The molecule has 0 bridgehead atoms. The first kappa shape index (κ1) is 18.5. The summed E-state index contributed by atoms with van der Waals surface area (Å²) in [5.41, 5.74) is 9.06. The maximum absolute atomic E-state index is 6.34. The average molecular weight is 461 g/mol. The predicted molar refractivity (Wildman–Crippen MR) is 116 cm³/mol. The lowest BCUT2D eigenvalue weighted by Crippen LogP contribution is -2.10. The Balaban J connectivity index is 1.58. The van der Waals surface area contributed by atoms with Crippen molar-refractivity contribution in [1.82, 2.24) is 10.4 Å². The zero-order chi connectivity index (χ0) is 19.0. The number of nitrogens with zero attached hydrogens (tertiary/aromatic N) is 2. The third kappa shape index (κ3) is 3.75. The Kier molecular flexibility index (Phi) is 5.22. The molecule has 3 aromatic rings. The highest BCUT2D eigenvalue weighted by Gasteiger charge is 2.23. The lowest BCUT2D eigenvalue weighted by atomic mass is 9.98. The number of benzene rings is 2. The van der Waals surface area contributed by atoms with Crippen LogP contribution in [0.4, 0.5) is 0 Å². The fraction of sp³-hybridized carbons (Fsp3) is 0.143. The van der Waals surface area contributed by atoms with E-state index in [0.717, 1.165) is 39.1 Å². The molecule has 4 rings (SSSR count). The molecule has 1 N–H and O–H groups in total. The van der Waals surface area contributed by atoms with Gasteiger partial charge in [0, 0.05) is 27.7 Å². The Labute approximate surface area is 176 Å². The van der Waals surface area contributed by atoms with Gasteiger partial charge >= 0.3 is 0 Å². The van der Waals surface area contributed by atoms with Gasteiger partial charge in [-0.05, 0) is 42.8 Å². The first-order valence-electron chi connectivity index (χ1n) is 8.53. The molecule has 0 fully saturated rings. The van der Waals surface area contributed by atoms with Gasteiger partial charge in [0.05, 0.1) is 27.5 Å². The fourth-order valence-electron chi connectivity index (χ4n) is 3.22. The van der Waals surface area contributed by atoms with Gasteiger partial charge in [-0.1, -0.05) is 63.4 Å². The van der Waals surface area contributed by atoms with Crippen LogP contribution in [0.25, 0.3) is 11.3 Å². The molecule has 0 saturated carbocycles. The zero-order valence-electron chi connectivity index (χ0n) is 14.5. The molecule has 1 aromatic heterocycles. The highest BCUT2D eigenvalue weighted by atomic mass is 79.9. The second-order valence-electron chi connectivity index (χ2n) is 6.43. The quantitative estimate of drug-likeness (QED) is 0.480. The van der Waals surface area contributed by atoms with Crippen LogP contribution in [0.2, 0.25) is 10.0 Å². The average Bonchev–Trinajstić information content (AvgIpc) is 3.14. The normalized spacial score (nSPS) is 16.1. The van der Waals surface area contributed by atoms with E-state index in [1.165, 1.54) is 5.56 Å². The van der Waals surface area contributed by atoms with Gasteiger partial charge in [-0.25, -0.2) is 0 Å². The minimum absolute atomic E-state index is 0.176. The van der Waals surface area contributed by atoms with Gasteiger partial charge < -0.3 is 5.43 Å². The molecule has 0 aliphatic carbocycles. The second-order valence-corrected chi connectivity index (χ2v) is 8.13. The van der Waals surface area contributed by atoms with Gasteiger partial charge in [0.25, 0.3) is 0 Å². The topological polar surface area (TPSA) is 37.3 Å². The van der Waals surface area contributed by atoms with Crippen LogP contribution in [-0.2, 0) is 0 Å². The summed E-state index contributed by atoms with van der Waals surface area (Å²) in [7, 11) is 0. The summed E-state index contributed by atoms with van der Waals surface area (Å²) in [5.74, 6) is 0. The van der Waals surface area contributed by atoms with Crippen molar-refractivity contribution in [2.75, 3.05) is 0 Å². The van der Waals surface area contributed by atoms with Crippen LogP contribution in [0.3, 0.4) is 0 Å². The summed E-state index contributed by atoms with van der Waals surface area (Å²) in [6, 6.07) is 18.1. The maximum atomic E-state index is 6.34. The zero-order valence-corrected chi connectivity index (χ0v) is 17.6. The SMILES string of the molecule is Cc1nc(-c2cccc(Cl)c2Cl)ccc1C1=NNC(c2ccc(Br)cc2)C1. The van der Waals surface area contributed by atoms with Crippen LogP contribution in [0.5, 0.6) is 0 Å². The van der Waals surface area contributed by atoms with Crippen molar-refractivity contribution in [3.8, 4) is 11.3 Å². The van der Waals surface area contributed by atoms with Crippen molar-refractivity contribution in [3.05, 3.63) is 85.9 Å². The van der Waals surface area contributed by atoms with Crippen molar-refractivity contribution >= 4 is 44.8 Å². The lowest BCUT2D eigenvalue weighted by Gasteiger charge is -2.11. The Morgan fingerprint density at radius 3 is 2.52 bits per heavy atom. The van der Waals surface area contributed by atoms with Crippen LogP contribution < -0.4 is 5.43 Å². The van der Waals surface area contributed by atoms with E-state index in [1.54, 1.807) is 6.07 Å². The maximum Gasteiger partial charge on any atom is 0.0745 e. The van der Waals surface area contributed by atoms with Gasteiger partial charge in [0.2, 0.25) is 0 Å². The molecule has 0 radical (unpaired) electrons. The molecule has 1 aliphatic heterocycles. The lowest BCUT2D eigenvalue weighted by molar-refractivity contribution is 0.620. The van der Waals surface area contributed by atoms with Crippen molar-refractivity contribution in [2.45, 2.75) is 19.4 Å². The first-order chi connectivity index (χ1) is 13.0. The van der Waals surface area contributed by atoms with Crippen LogP contribution in [0, 0.1) is 6.92 Å². The minimum Gasteiger partial charge on any atom is -0.302 e. The molecule has 3 nitrogen and oxygen atoms in total. The first-order valence-corrected chi connectivity index (χ1v) is 10.1. The van der Waals surface area contributed by atoms with E-state index in [9.17, 15) is 0 Å². The van der Waals surface area contributed by atoms with Crippen LogP contribution >= 0.6 is 39.1 Å². The van der Waals surface area contributed by atoms with E-state index >= 15 is 0 Å². The molecule has 1 atom stereocenters. The number of hydrazone groups is 1. The molecule has 2 heterocycles. The number of nitrogens with one attached hydrogen (secondary N) is 1. The second kappa shape index (κ2) is 7.63. The largest absolute Gasteiger partial charge is 0.302 e. The van der Waals surface area contributed by atoms with Gasteiger partial charge in [0.15, 0.2) is 0 Å². The van der Waals surface area contributed by atoms with Crippen molar-refractivity contribution in [1.29, 1.82) is 0 Å². The standard InChI is InChI=1S/C21H16BrCl2N3/c1-12-15(9-10-18(25-12)16-3-2-4-17(23)21(16)24)20-11-19(26-27-20)13-5-7-14(22)8-6-13/h2-10,19,26H,11H2,1H3. The molecule has 6 heteroatoms. The van der Waals surface area contributed by atoms with Gasteiger partial charge in [-0.15, -0.1) is 0 Å². The van der Waals surface area contributed by atoms with Crippen molar-refractivity contribution in [2.24, 2.45) is 5.10 Å².